The van der Waals surface area contributed by atoms with Crippen molar-refractivity contribution in [2.75, 3.05) is 0 Å². The Morgan fingerprint density at radius 2 is 1.52 bits per heavy atom. The van der Waals surface area contributed by atoms with Gasteiger partial charge in [0.15, 0.2) is 0 Å². The molecule has 31 heavy (non-hydrogen) atoms. The molecular weight excluding hydrogens is 459 g/mol. The van der Waals surface area contributed by atoms with E-state index in [2.05, 4.69) is 103 Å². The molecule has 3 aromatic carbocycles. The minimum atomic E-state index is 0. The largest absolute Gasteiger partial charge is 1.00 e. The zero-order valence-electron chi connectivity index (χ0n) is 19.2. The Hall–Kier alpha value is -1.38. The number of rotatable bonds is 0. The predicted octanol–water partition coefficient (Wildman–Crippen LogP) is 0.810. The van der Waals surface area contributed by atoms with E-state index in [-0.39, 0.29) is 30.2 Å². The van der Waals surface area contributed by atoms with Crippen molar-refractivity contribution in [2.45, 2.75) is 53.4 Å². The van der Waals surface area contributed by atoms with Crippen LogP contribution in [0.2, 0.25) is 0 Å². The maximum absolute atomic E-state index is 9.36. The van der Waals surface area contributed by atoms with Crippen molar-refractivity contribution in [2.24, 2.45) is 0 Å². The number of phenolic OH excluding ortho intramolecular Hbond substituents is 1. The Bertz CT molecular complexity index is 923. The van der Waals surface area contributed by atoms with Crippen molar-refractivity contribution in [3.8, 4) is 16.9 Å². The molecule has 0 saturated carbocycles. The van der Waals surface area contributed by atoms with Crippen molar-refractivity contribution in [3.05, 3.63) is 89.0 Å². The summed E-state index contributed by atoms with van der Waals surface area (Å²) in [6.07, 6.45) is 1.05. The van der Waals surface area contributed by atoms with Crippen molar-refractivity contribution in [1.29, 1.82) is 0 Å². The summed E-state index contributed by atoms with van der Waals surface area (Å²) in [5, 5.41) is 9.36. The van der Waals surface area contributed by atoms with Gasteiger partial charge in [-0.2, -0.15) is 29.8 Å². The fraction of sp³-hybridized carbons (Fsp3) is 0.296. The van der Waals surface area contributed by atoms with Crippen molar-refractivity contribution in [1.82, 2.24) is 0 Å². The molecule has 4 rings (SSSR count). The number of aryl methyl sites for hydroxylation is 1. The van der Waals surface area contributed by atoms with Crippen molar-refractivity contribution < 1.29 is 49.9 Å². The number of benzene rings is 3. The summed E-state index contributed by atoms with van der Waals surface area (Å²) in [6.45, 7) is 12.6. The quantitative estimate of drug-likeness (QED) is 0.286. The molecule has 4 heteroatoms. The van der Waals surface area contributed by atoms with Crippen LogP contribution in [-0.2, 0) is 31.8 Å². The zero-order valence-corrected chi connectivity index (χ0v) is 22.3. The third-order valence-electron chi connectivity index (χ3n) is 4.54. The molecule has 0 radical (unpaired) electrons. The zero-order chi connectivity index (χ0) is 21.6. The maximum atomic E-state index is 9.36. The summed E-state index contributed by atoms with van der Waals surface area (Å²) in [5.74, 6) is 0.361. The van der Waals surface area contributed by atoms with Crippen molar-refractivity contribution >= 4 is 3.81 Å². The SMILES string of the molecule is C[C](C)=[Ti+].Cc1cc(O)cc(C(C)(C)C)c1.[Cl-].[Cl-].[c-]1cccc2c1Cc1ccccc1-2. The van der Waals surface area contributed by atoms with Gasteiger partial charge in [-0.3, -0.25) is 0 Å². The minimum Gasteiger partial charge on any atom is -1.00 e. The van der Waals surface area contributed by atoms with Crippen LogP contribution in [0, 0.1) is 13.0 Å². The molecule has 165 valence electrons. The monoisotopic (exact) mass is 489 g/mol. The number of fused-ring (bicyclic) bond motifs is 3. The molecule has 1 aliphatic rings. The van der Waals surface area contributed by atoms with Gasteiger partial charge in [-0.25, -0.2) is 0 Å². The van der Waals surface area contributed by atoms with Gasteiger partial charge in [0.25, 0.3) is 0 Å². The first-order valence-electron chi connectivity index (χ1n) is 9.98. The minimum absolute atomic E-state index is 0. The second kappa shape index (κ2) is 13.2. The standard InChI is InChI=1S/C13H9.C11H16O.C3H6.2ClH.Ti/c1-3-7-12-10(5-1)9-11-6-2-4-8-13(11)12;1-8-5-9(11(2,3)4)7-10(12)6-8;1-3-2;;;/h1-5,7-8H,9H2;5-7,12H,1-4H3;1-2H3;2*1H;/q-1;;;;;+1/p-2. The van der Waals surface area contributed by atoms with Crippen LogP contribution in [0.1, 0.15) is 56.9 Å². The number of hydrogen-bond donors (Lipinski definition) is 1. The molecule has 0 spiro atoms. The van der Waals surface area contributed by atoms with Crippen LogP contribution >= 0.6 is 0 Å². The Kier molecular flexibility index (Phi) is 12.6. The summed E-state index contributed by atoms with van der Waals surface area (Å²) in [7, 11) is 0. The number of phenols is 1. The van der Waals surface area contributed by atoms with E-state index in [1.165, 1.54) is 31.6 Å². The number of halogens is 2. The van der Waals surface area contributed by atoms with E-state index in [9.17, 15) is 5.11 Å². The average molecular weight is 490 g/mol. The maximum Gasteiger partial charge on any atom is 0.116 e. The second-order valence-electron chi connectivity index (χ2n) is 8.70. The van der Waals surface area contributed by atoms with Gasteiger partial charge in [0.05, 0.1) is 0 Å². The molecule has 3 aromatic rings. The molecule has 1 N–H and O–H groups in total. The van der Waals surface area contributed by atoms with Crippen LogP contribution in [-0.4, -0.2) is 8.92 Å². The number of aromatic hydroxyl groups is 1. The first kappa shape index (κ1) is 29.6. The van der Waals surface area contributed by atoms with Gasteiger partial charge in [-0.15, -0.1) is 5.56 Å². The first-order valence-corrected chi connectivity index (χ1v) is 10.8. The summed E-state index contributed by atoms with van der Waals surface area (Å²) in [6, 6.07) is 23.8. The van der Waals surface area contributed by atoms with Crippen molar-refractivity contribution in [3.63, 3.8) is 0 Å². The summed E-state index contributed by atoms with van der Waals surface area (Å²) < 4.78 is 1.42. The van der Waals surface area contributed by atoms with E-state index in [0.717, 1.165) is 12.0 Å². The molecule has 0 atom stereocenters. The van der Waals surface area contributed by atoms with E-state index in [1.807, 2.05) is 19.1 Å². The molecule has 1 nitrogen and oxygen atoms in total. The molecule has 0 bridgehead atoms. The normalized spacial score (nSPS) is 10.6. The summed E-state index contributed by atoms with van der Waals surface area (Å²) in [4.78, 5) is 0. The van der Waals surface area contributed by atoms with E-state index >= 15 is 0 Å². The van der Waals surface area contributed by atoms with Gasteiger partial charge in [-0.05, 0) is 42.0 Å². The Labute approximate surface area is 212 Å². The molecular formula is C27H31Cl2OTi-2. The number of hydrogen-bond acceptors (Lipinski definition) is 1. The molecule has 0 fully saturated rings. The average Bonchev–Trinajstić information content (AvgIpc) is 2.99. The summed E-state index contributed by atoms with van der Waals surface area (Å²) >= 11 is 2.08. The summed E-state index contributed by atoms with van der Waals surface area (Å²) in [5.41, 5.74) is 7.92. The van der Waals surface area contributed by atoms with Gasteiger partial charge in [-0.1, -0.05) is 62.2 Å². The van der Waals surface area contributed by atoms with Gasteiger partial charge < -0.3 is 29.9 Å². The van der Waals surface area contributed by atoms with E-state index < -0.39 is 0 Å². The Balaban J connectivity index is 0.000000473. The van der Waals surface area contributed by atoms with Crippen LogP contribution in [0.5, 0.6) is 5.75 Å². The second-order valence-corrected chi connectivity index (χ2v) is 10.3. The van der Waals surface area contributed by atoms with Crippen LogP contribution in [0.4, 0.5) is 0 Å². The Morgan fingerprint density at radius 3 is 2.10 bits per heavy atom. The van der Waals surface area contributed by atoms with Gasteiger partial charge in [0.2, 0.25) is 0 Å². The first-order chi connectivity index (χ1) is 13.6. The van der Waals surface area contributed by atoms with Crippen LogP contribution in [0.25, 0.3) is 11.1 Å². The molecule has 0 amide bonds. The smallest absolute Gasteiger partial charge is 0.116 e. The van der Waals surface area contributed by atoms with E-state index in [0.29, 0.717) is 5.75 Å². The van der Waals surface area contributed by atoms with Gasteiger partial charge in [0, 0.05) is 0 Å². The molecule has 1 aliphatic carbocycles. The molecule has 0 saturated heterocycles. The molecule has 0 unspecified atom stereocenters. The van der Waals surface area contributed by atoms with E-state index in [1.54, 1.807) is 6.07 Å². The van der Waals surface area contributed by atoms with E-state index in [4.69, 9.17) is 0 Å². The van der Waals surface area contributed by atoms with Gasteiger partial charge in [0.1, 0.15) is 5.75 Å². The molecule has 0 aliphatic heterocycles. The predicted molar refractivity (Wildman–Crippen MR) is 121 cm³/mol. The molecule has 0 aromatic heterocycles. The third-order valence-corrected chi connectivity index (χ3v) is 4.54. The van der Waals surface area contributed by atoms with Crippen LogP contribution in [0.3, 0.4) is 0 Å². The fourth-order valence-electron chi connectivity index (χ4n) is 3.19. The van der Waals surface area contributed by atoms with Gasteiger partial charge >= 0.3 is 37.6 Å². The van der Waals surface area contributed by atoms with Crippen LogP contribution < -0.4 is 24.8 Å². The fourth-order valence-corrected chi connectivity index (χ4v) is 3.19. The van der Waals surface area contributed by atoms with Crippen LogP contribution in [0.15, 0.2) is 60.7 Å². The third kappa shape index (κ3) is 9.33. The topological polar surface area (TPSA) is 20.2 Å². The molecule has 0 heterocycles. The Morgan fingerprint density at radius 1 is 0.935 bits per heavy atom.